The Bertz CT molecular complexity index is 442. The number of rotatable bonds is 5. The molecule has 4 atom stereocenters. The summed E-state index contributed by atoms with van der Waals surface area (Å²) in [7, 11) is -3.11. The predicted molar refractivity (Wildman–Crippen MR) is 60.8 cm³/mol. The number of nitrogens with one attached hydrogen (secondary N) is 1. The van der Waals surface area contributed by atoms with Gasteiger partial charge in [0.25, 0.3) is 0 Å². The molecule has 0 aromatic carbocycles. The summed E-state index contributed by atoms with van der Waals surface area (Å²) in [6.45, 7) is 0.434. The molecule has 0 aromatic rings. The number of aliphatic carboxylic acids is 1. The van der Waals surface area contributed by atoms with Crippen LogP contribution in [0.4, 0.5) is 0 Å². The second kappa shape index (κ2) is 3.68. The Morgan fingerprint density at radius 3 is 2.47 bits per heavy atom. The summed E-state index contributed by atoms with van der Waals surface area (Å²) < 4.78 is 26.0. The second-order valence-electron chi connectivity index (χ2n) is 5.60. The van der Waals surface area contributed by atoms with Gasteiger partial charge in [0.05, 0.1) is 11.2 Å². The Morgan fingerprint density at radius 1 is 1.24 bits per heavy atom. The van der Waals surface area contributed by atoms with Crippen LogP contribution in [0, 0.1) is 23.7 Å². The van der Waals surface area contributed by atoms with Crippen molar-refractivity contribution in [1.29, 1.82) is 0 Å². The van der Waals surface area contributed by atoms with Gasteiger partial charge in [0.15, 0.2) is 0 Å². The van der Waals surface area contributed by atoms with Crippen LogP contribution >= 0.6 is 0 Å². The molecule has 2 N–H and O–H groups in total. The lowest BCUT2D eigenvalue weighted by Crippen LogP contribution is -2.32. The molecule has 0 amide bonds. The molecule has 5 nitrogen and oxygen atoms in total. The molecule has 0 bridgehead atoms. The highest BCUT2D eigenvalue weighted by molar-refractivity contribution is 7.90. The molecule has 3 saturated carbocycles. The van der Waals surface area contributed by atoms with Crippen LogP contribution in [-0.2, 0) is 14.8 Å². The maximum atomic E-state index is 11.7. The van der Waals surface area contributed by atoms with E-state index < -0.39 is 16.0 Å². The van der Waals surface area contributed by atoms with Crippen LogP contribution in [0.1, 0.15) is 25.7 Å². The van der Waals surface area contributed by atoms with E-state index in [9.17, 15) is 13.2 Å². The summed E-state index contributed by atoms with van der Waals surface area (Å²) in [5.41, 5.74) is 0. The number of hydrogen-bond acceptors (Lipinski definition) is 3. The molecule has 4 unspecified atom stereocenters. The summed E-state index contributed by atoms with van der Waals surface area (Å²) in [5, 5.41) is 8.83. The van der Waals surface area contributed by atoms with Crippen molar-refractivity contribution >= 4 is 16.0 Å². The van der Waals surface area contributed by atoms with E-state index in [1.807, 2.05) is 0 Å². The van der Waals surface area contributed by atoms with Crippen LogP contribution in [0.2, 0.25) is 0 Å². The molecule has 17 heavy (non-hydrogen) atoms. The van der Waals surface area contributed by atoms with Gasteiger partial charge in [-0.3, -0.25) is 4.79 Å². The summed E-state index contributed by atoms with van der Waals surface area (Å²) in [6.07, 6.45) is 3.14. The van der Waals surface area contributed by atoms with Gasteiger partial charge in [0.1, 0.15) is 0 Å². The van der Waals surface area contributed by atoms with E-state index >= 15 is 0 Å². The zero-order valence-electron chi connectivity index (χ0n) is 9.50. The first-order valence-corrected chi connectivity index (χ1v) is 7.75. The molecule has 6 heteroatoms. The van der Waals surface area contributed by atoms with Crippen molar-refractivity contribution in [2.45, 2.75) is 30.9 Å². The monoisotopic (exact) mass is 259 g/mol. The minimum absolute atomic E-state index is 0.186. The minimum Gasteiger partial charge on any atom is -0.481 e. The third-order valence-electron chi connectivity index (χ3n) is 4.40. The summed E-state index contributed by atoms with van der Waals surface area (Å²) >= 11 is 0. The van der Waals surface area contributed by atoms with Crippen LogP contribution in [0.25, 0.3) is 0 Å². The largest absolute Gasteiger partial charge is 0.481 e. The number of sulfonamides is 1. The Kier molecular flexibility index (Phi) is 2.49. The van der Waals surface area contributed by atoms with Crippen molar-refractivity contribution in [2.75, 3.05) is 6.54 Å². The van der Waals surface area contributed by atoms with Crippen LogP contribution in [0.3, 0.4) is 0 Å². The molecule has 0 aromatic heterocycles. The summed E-state index contributed by atoms with van der Waals surface area (Å²) in [5.74, 6) is 0.0241. The first kappa shape index (κ1) is 11.5. The van der Waals surface area contributed by atoms with Gasteiger partial charge in [0, 0.05) is 6.54 Å². The average molecular weight is 259 g/mol. The molecule has 3 fully saturated rings. The van der Waals surface area contributed by atoms with Crippen molar-refractivity contribution in [3.8, 4) is 0 Å². The number of carboxylic acid groups (broad SMARTS) is 1. The minimum atomic E-state index is -3.11. The fraction of sp³-hybridized carbons (Fsp3) is 0.909. The maximum Gasteiger partial charge on any atom is 0.306 e. The zero-order valence-corrected chi connectivity index (χ0v) is 10.3. The standard InChI is InChI=1S/C11H17NO4S/c13-11(14)10-3-6(8-4-9(8)10)5-12-17(15,16)7-1-2-7/h6-10,12H,1-5H2,(H,13,14). The van der Waals surface area contributed by atoms with E-state index in [0.717, 1.165) is 19.3 Å². The second-order valence-corrected chi connectivity index (χ2v) is 7.64. The first-order valence-electron chi connectivity index (χ1n) is 6.20. The van der Waals surface area contributed by atoms with Gasteiger partial charge in [-0.15, -0.1) is 0 Å². The van der Waals surface area contributed by atoms with Crippen LogP contribution in [-0.4, -0.2) is 31.3 Å². The number of fused-ring (bicyclic) bond motifs is 1. The number of hydrogen-bond donors (Lipinski definition) is 2. The van der Waals surface area contributed by atoms with E-state index in [1.54, 1.807) is 0 Å². The van der Waals surface area contributed by atoms with Crippen molar-refractivity contribution in [3.63, 3.8) is 0 Å². The first-order chi connectivity index (χ1) is 7.99. The van der Waals surface area contributed by atoms with Gasteiger partial charge in [-0.2, -0.15) is 0 Å². The maximum absolute atomic E-state index is 11.7. The summed E-state index contributed by atoms with van der Waals surface area (Å²) in [4.78, 5) is 11.0. The Hall–Kier alpha value is -0.620. The Labute approximate surface area is 101 Å². The molecular weight excluding hydrogens is 242 g/mol. The molecule has 0 radical (unpaired) electrons. The average Bonchev–Trinajstić information content (AvgIpc) is 3.10. The zero-order chi connectivity index (χ0) is 12.2. The van der Waals surface area contributed by atoms with E-state index in [0.29, 0.717) is 24.8 Å². The quantitative estimate of drug-likeness (QED) is 0.749. The molecular formula is C11H17NO4S. The lowest BCUT2D eigenvalue weighted by molar-refractivity contribution is -0.142. The van der Waals surface area contributed by atoms with Gasteiger partial charge < -0.3 is 5.11 Å². The lowest BCUT2D eigenvalue weighted by Gasteiger charge is -2.14. The van der Waals surface area contributed by atoms with Gasteiger partial charge in [-0.25, -0.2) is 13.1 Å². The Balaban J connectivity index is 1.56. The highest BCUT2D eigenvalue weighted by atomic mass is 32.2. The Morgan fingerprint density at radius 2 is 1.94 bits per heavy atom. The predicted octanol–water partition coefficient (Wildman–Crippen LogP) is 0.425. The SMILES string of the molecule is O=C(O)C1CC(CNS(=O)(=O)C2CC2)C2CC12. The van der Waals surface area contributed by atoms with Crippen LogP contribution in [0.15, 0.2) is 0 Å². The topological polar surface area (TPSA) is 83.5 Å². The number of carboxylic acids is 1. The van der Waals surface area contributed by atoms with E-state index in [2.05, 4.69) is 4.72 Å². The smallest absolute Gasteiger partial charge is 0.306 e. The van der Waals surface area contributed by atoms with Gasteiger partial charge in [0.2, 0.25) is 10.0 Å². The van der Waals surface area contributed by atoms with E-state index in [-0.39, 0.29) is 17.1 Å². The van der Waals surface area contributed by atoms with Crippen molar-refractivity contribution < 1.29 is 18.3 Å². The van der Waals surface area contributed by atoms with Gasteiger partial charge >= 0.3 is 5.97 Å². The highest BCUT2D eigenvalue weighted by Gasteiger charge is 2.56. The third kappa shape index (κ3) is 2.08. The molecule has 0 spiro atoms. The molecule has 0 saturated heterocycles. The van der Waals surface area contributed by atoms with Gasteiger partial charge in [-0.1, -0.05) is 0 Å². The number of carbonyl (C=O) groups is 1. The van der Waals surface area contributed by atoms with Crippen LogP contribution in [0.5, 0.6) is 0 Å². The molecule has 3 rings (SSSR count). The molecule has 0 aliphatic heterocycles. The molecule has 3 aliphatic rings. The fourth-order valence-corrected chi connectivity index (χ4v) is 4.59. The third-order valence-corrected chi connectivity index (χ3v) is 6.32. The van der Waals surface area contributed by atoms with Crippen molar-refractivity contribution in [2.24, 2.45) is 23.7 Å². The van der Waals surface area contributed by atoms with Crippen molar-refractivity contribution in [3.05, 3.63) is 0 Å². The molecule has 3 aliphatic carbocycles. The van der Waals surface area contributed by atoms with Gasteiger partial charge in [-0.05, 0) is 43.4 Å². The summed E-state index contributed by atoms with van der Waals surface area (Å²) in [6, 6.07) is 0. The molecule has 96 valence electrons. The highest BCUT2D eigenvalue weighted by Crippen LogP contribution is 2.58. The lowest BCUT2D eigenvalue weighted by atomic mass is 9.98. The fourth-order valence-electron chi connectivity index (χ4n) is 3.15. The normalized spacial score (nSPS) is 40.0. The van der Waals surface area contributed by atoms with E-state index in [1.165, 1.54) is 0 Å². The van der Waals surface area contributed by atoms with Crippen molar-refractivity contribution in [1.82, 2.24) is 4.72 Å². The van der Waals surface area contributed by atoms with Crippen LogP contribution < -0.4 is 4.72 Å². The van der Waals surface area contributed by atoms with E-state index in [4.69, 9.17) is 5.11 Å². The molecule has 0 heterocycles.